The molecule has 0 heterocycles. The number of amides is 1. The second-order valence-electron chi connectivity index (χ2n) is 5.64. The number of benzene rings is 1. The lowest BCUT2D eigenvalue weighted by Crippen LogP contribution is -2.16. The Balaban J connectivity index is 2.39. The Hall–Kier alpha value is -1.51. The van der Waals surface area contributed by atoms with Gasteiger partial charge in [0.25, 0.3) is 0 Å². The molecule has 0 aliphatic heterocycles. The molecule has 1 aliphatic carbocycles. The third kappa shape index (κ3) is 2.78. The van der Waals surface area contributed by atoms with E-state index in [1.807, 2.05) is 6.07 Å². The number of carbonyl (C=O) groups is 1. The van der Waals surface area contributed by atoms with Crippen molar-refractivity contribution in [3.05, 3.63) is 29.3 Å². The van der Waals surface area contributed by atoms with E-state index in [1.165, 1.54) is 0 Å². The maximum absolute atomic E-state index is 11.2. The molecule has 1 amide bonds. The fraction of sp³-hybridized carbons (Fsp3) is 0.500. The van der Waals surface area contributed by atoms with Crippen molar-refractivity contribution in [1.29, 1.82) is 0 Å². The maximum Gasteiger partial charge on any atom is 0.248 e. The van der Waals surface area contributed by atoms with E-state index in [2.05, 4.69) is 20.8 Å². The largest absolute Gasteiger partial charge is 0.490 e. The Morgan fingerprint density at radius 3 is 2.47 bits per heavy atom. The van der Waals surface area contributed by atoms with Gasteiger partial charge in [-0.25, -0.2) is 0 Å². The van der Waals surface area contributed by atoms with Crippen molar-refractivity contribution in [3.8, 4) is 5.75 Å². The molecule has 3 nitrogen and oxygen atoms in total. The summed E-state index contributed by atoms with van der Waals surface area (Å²) in [5.74, 6) is 0.391. The van der Waals surface area contributed by atoms with E-state index in [-0.39, 0.29) is 5.41 Å². The van der Waals surface area contributed by atoms with E-state index < -0.39 is 5.91 Å². The van der Waals surface area contributed by atoms with Gasteiger partial charge in [0.15, 0.2) is 0 Å². The Bertz CT molecular complexity index is 442. The first-order chi connectivity index (χ1) is 7.88. The molecule has 3 heteroatoms. The molecule has 1 aromatic rings. The zero-order valence-corrected chi connectivity index (χ0v) is 10.6. The van der Waals surface area contributed by atoms with Gasteiger partial charge in [0.1, 0.15) is 5.75 Å². The highest BCUT2D eigenvalue weighted by Gasteiger charge is 2.27. The van der Waals surface area contributed by atoms with Crippen molar-refractivity contribution in [2.45, 2.75) is 45.1 Å². The van der Waals surface area contributed by atoms with E-state index in [0.717, 1.165) is 24.2 Å². The minimum absolute atomic E-state index is 0.000396. The van der Waals surface area contributed by atoms with Gasteiger partial charge in [-0.3, -0.25) is 4.79 Å². The van der Waals surface area contributed by atoms with Crippen molar-refractivity contribution in [1.82, 2.24) is 0 Å². The number of ether oxygens (including phenoxy) is 1. The highest BCUT2D eigenvalue weighted by molar-refractivity contribution is 5.93. The van der Waals surface area contributed by atoms with Crippen LogP contribution < -0.4 is 10.5 Å². The van der Waals surface area contributed by atoms with Crippen molar-refractivity contribution >= 4 is 5.91 Å². The van der Waals surface area contributed by atoms with Gasteiger partial charge in [-0.2, -0.15) is 0 Å². The molecule has 1 aliphatic rings. The van der Waals surface area contributed by atoms with Crippen LogP contribution in [0.3, 0.4) is 0 Å². The highest BCUT2D eigenvalue weighted by Crippen LogP contribution is 2.36. The van der Waals surface area contributed by atoms with Gasteiger partial charge in [0, 0.05) is 5.56 Å². The van der Waals surface area contributed by atoms with Crippen molar-refractivity contribution in [3.63, 3.8) is 0 Å². The summed E-state index contributed by atoms with van der Waals surface area (Å²) in [6.07, 6.45) is 2.52. The number of hydrogen-bond acceptors (Lipinski definition) is 2. The molecule has 2 rings (SSSR count). The quantitative estimate of drug-likeness (QED) is 0.872. The predicted molar refractivity (Wildman–Crippen MR) is 67.3 cm³/mol. The Kier molecular flexibility index (Phi) is 2.86. The number of carbonyl (C=O) groups excluding carboxylic acids is 1. The second-order valence-corrected chi connectivity index (χ2v) is 5.64. The highest BCUT2D eigenvalue weighted by atomic mass is 16.5. The number of rotatable bonds is 3. The summed E-state index contributed by atoms with van der Waals surface area (Å²) in [7, 11) is 0. The van der Waals surface area contributed by atoms with Gasteiger partial charge in [-0.1, -0.05) is 26.8 Å². The van der Waals surface area contributed by atoms with Crippen LogP contribution in [-0.2, 0) is 5.41 Å². The van der Waals surface area contributed by atoms with Gasteiger partial charge >= 0.3 is 0 Å². The standard InChI is InChI=1S/C14H19NO2/c1-14(2,3)11-7-4-9(13(15)16)8-12(11)17-10-5-6-10/h4,7-8,10H,5-6H2,1-3H3,(H2,15,16). The van der Waals surface area contributed by atoms with Gasteiger partial charge in [0.2, 0.25) is 5.91 Å². The van der Waals surface area contributed by atoms with Crippen LogP contribution in [0.4, 0.5) is 0 Å². The second kappa shape index (κ2) is 4.06. The van der Waals surface area contributed by atoms with E-state index in [4.69, 9.17) is 10.5 Å². The van der Waals surface area contributed by atoms with Gasteiger partial charge in [-0.15, -0.1) is 0 Å². The molecule has 0 bridgehead atoms. The Morgan fingerprint density at radius 1 is 1.35 bits per heavy atom. The SMILES string of the molecule is CC(C)(C)c1ccc(C(N)=O)cc1OC1CC1. The Morgan fingerprint density at radius 2 is 2.00 bits per heavy atom. The summed E-state index contributed by atoms with van der Waals surface area (Å²) in [6.45, 7) is 6.39. The van der Waals surface area contributed by atoms with Gasteiger partial charge in [-0.05, 0) is 36.0 Å². The van der Waals surface area contributed by atoms with Crippen molar-refractivity contribution < 1.29 is 9.53 Å². The average Bonchev–Trinajstić information content (AvgIpc) is 2.99. The normalized spacial score (nSPS) is 15.7. The van der Waals surface area contributed by atoms with E-state index in [1.54, 1.807) is 12.1 Å². The van der Waals surface area contributed by atoms with Crippen LogP contribution in [0, 0.1) is 0 Å². The van der Waals surface area contributed by atoms with Crippen LogP contribution in [0.25, 0.3) is 0 Å². The fourth-order valence-electron chi connectivity index (χ4n) is 1.76. The third-order valence-electron chi connectivity index (χ3n) is 2.89. The number of hydrogen-bond donors (Lipinski definition) is 1. The van der Waals surface area contributed by atoms with Crippen LogP contribution in [0.2, 0.25) is 0 Å². The topological polar surface area (TPSA) is 52.3 Å². The summed E-state index contributed by atoms with van der Waals surface area (Å²) in [5.41, 5.74) is 6.92. The first-order valence-corrected chi connectivity index (χ1v) is 5.99. The van der Waals surface area contributed by atoms with Crippen LogP contribution in [0.15, 0.2) is 18.2 Å². The van der Waals surface area contributed by atoms with Crippen LogP contribution in [0.5, 0.6) is 5.75 Å². The van der Waals surface area contributed by atoms with Gasteiger partial charge in [0.05, 0.1) is 6.10 Å². The van der Waals surface area contributed by atoms with Crippen LogP contribution >= 0.6 is 0 Å². The lowest BCUT2D eigenvalue weighted by molar-refractivity contribution is 0.0999. The molecule has 92 valence electrons. The first kappa shape index (κ1) is 12.0. The minimum Gasteiger partial charge on any atom is -0.490 e. The molecule has 0 atom stereocenters. The minimum atomic E-state index is -0.411. The number of primary amides is 1. The molecule has 0 saturated heterocycles. The monoisotopic (exact) mass is 233 g/mol. The molecule has 1 saturated carbocycles. The summed E-state index contributed by atoms with van der Waals surface area (Å²) in [4.78, 5) is 11.2. The van der Waals surface area contributed by atoms with E-state index in [0.29, 0.717) is 11.7 Å². The lowest BCUT2D eigenvalue weighted by atomic mass is 9.85. The molecule has 2 N–H and O–H groups in total. The first-order valence-electron chi connectivity index (χ1n) is 5.99. The molecule has 0 spiro atoms. The average molecular weight is 233 g/mol. The molecule has 0 radical (unpaired) electrons. The Labute approximate surface area is 102 Å². The van der Waals surface area contributed by atoms with E-state index in [9.17, 15) is 4.79 Å². The molecular weight excluding hydrogens is 214 g/mol. The zero-order valence-electron chi connectivity index (χ0n) is 10.6. The predicted octanol–water partition coefficient (Wildman–Crippen LogP) is 2.62. The summed E-state index contributed by atoms with van der Waals surface area (Å²) in [5, 5.41) is 0. The third-order valence-corrected chi connectivity index (χ3v) is 2.89. The lowest BCUT2D eigenvalue weighted by Gasteiger charge is -2.23. The van der Waals surface area contributed by atoms with E-state index >= 15 is 0 Å². The molecule has 0 aromatic heterocycles. The molecule has 17 heavy (non-hydrogen) atoms. The maximum atomic E-state index is 11.2. The zero-order chi connectivity index (χ0) is 12.6. The molecule has 0 unspecified atom stereocenters. The summed E-state index contributed by atoms with van der Waals surface area (Å²) in [6, 6.07) is 5.47. The molecule has 1 aromatic carbocycles. The van der Waals surface area contributed by atoms with Crippen molar-refractivity contribution in [2.24, 2.45) is 5.73 Å². The van der Waals surface area contributed by atoms with Crippen LogP contribution in [-0.4, -0.2) is 12.0 Å². The molecular formula is C14H19NO2. The summed E-state index contributed by atoms with van der Waals surface area (Å²) < 4.78 is 5.87. The molecule has 1 fully saturated rings. The van der Waals surface area contributed by atoms with Crippen LogP contribution in [0.1, 0.15) is 49.5 Å². The summed E-state index contributed by atoms with van der Waals surface area (Å²) >= 11 is 0. The smallest absolute Gasteiger partial charge is 0.248 e. The van der Waals surface area contributed by atoms with Gasteiger partial charge < -0.3 is 10.5 Å². The fourth-order valence-corrected chi connectivity index (χ4v) is 1.76. The number of nitrogens with two attached hydrogens (primary N) is 1. The van der Waals surface area contributed by atoms with Crippen molar-refractivity contribution in [2.75, 3.05) is 0 Å².